The summed E-state index contributed by atoms with van der Waals surface area (Å²) in [5, 5.41) is 1.92. The number of carbonyl (C=O) groups is 1. The van der Waals surface area contributed by atoms with Crippen molar-refractivity contribution in [2.24, 2.45) is 0 Å². The van der Waals surface area contributed by atoms with Crippen molar-refractivity contribution in [2.45, 2.75) is 63.3 Å². The molecule has 0 radical (unpaired) electrons. The van der Waals surface area contributed by atoms with Gasteiger partial charge in [0.25, 0.3) is 24.2 Å². The summed E-state index contributed by atoms with van der Waals surface area (Å²) >= 11 is 0. The van der Waals surface area contributed by atoms with E-state index in [1.807, 2.05) is 36.4 Å². The van der Waals surface area contributed by atoms with E-state index in [9.17, 15) is 13.2 Å². The molecule has 0 spiro atoms. The van der Waals surface area contributed by atoms with E-state index in [4.69, 9.17) is 22.8 Å². The quantitative estimate of drug-likeness (QED) is 0.275. The molecular formula is C26H34O8SSi. The first-order chi connectivity index (χ1) is 16.9. The molecule has 0 amide bonds. The highest BCUT2D eigenvalue weighted by atomic mass is 32.2. The third-order valence-electron chi connectivity index (χ3n) is 6.64. The van der Waals surface area contributed by atoms with Gasteiger partial charge in [-0.3, -0.25) is 4.18 Å². The number of carbonyl (C=O) groups excluding carboxylic acids is 1. The molecule has 10 heteroatoms. The minimum Gasteiger partial charge on any atom is -0.462 e. The van der Waals surface area contributed by atoms with Gasteiger partial charge in [-0.2, -0.15) is 8.42 Å². The van der Waals surface area contributed by atoms with E-state index in [-0.39, 0.29) is 24.7 Å². The predicted octanol–water partition coefficient (Wildman–Crippen LogP) is 2.35. The molecular weight excluding hydrogens is 500 g/mol. The van der Waals surface area contributed by atoms with Crippen molar-refractivity contribution in [1.29, 1.82) is 0 Å². The van der Waals surface area contributed by atoms with E-state index in [1.54, 1.807) is 6.92 Å². The lowest BCUT2D eigenvalue weighted by Gasteiger charge is -2.44. The second-order valence-electron chi connectivity index (χ2n) is 10.2. The summed E-state index contributed by atoms with van der Waals surface area (Å²) in [5.74, 6) is -2.40. The largest absolute Gasteiger partial charge is 0.462 e. The van der Waals surface area contributed by atoms with Crippen molar-refractivity contribution in [1.82, 2.24) is 0 Å². The van der Waals surface area contributed by atoms with Gasteiger partial charge in [0.15, 0.2) is 0 Å². The second-order valence-corrected chi connectivity index (χ2v) is 16.1. The normalized spacial score (nSPS) is 26.2. The maximum atomic E-state index is 12.8. The Kier molecular flexibility index (Phi) is 7.49. The summed E-state index contributed by atoms with van der Waals surface area (Å²) < 4.78 is 53.4. The average molecular weight is 535 g/mol. The molecule has 8 nitrogen and oxygen atoms in total. The molecule has 0 aromatic heterocycles. The van der Waals surface area contributed by atoms with Gasteiger partial charge in [-0.05, 0) is 22.3 Å². The Balaban J connectivity index is 1.70. The maximum Gasteiger partial charge on any atom is 0.366 e. The van der Waals surface area contributed by atoms with Gasteiger partial charge in [-0.15, -0.1) is 0 Å². The van der Waals surface area contributed by atoms with Crippen LogP contribution in [0.2, 0.25) is 5.04 Å². The van der Waals surface area contributed by atoms with Crippen LogP contribution >= 0.6 is 0 Å². The number of hydrogen-bond acceptors (Lipinski definition) is 8. The van der Waals surface area contributed by atoms with Gasteiger partial charge < -0.3 is 18.6 Å². The van der Waals surface area contributed by atoms with Gasteiger partial charge in [0.05, 0.1) is 19.5 Å². The standard InChI is InChI=1S/C26H34O8SSi/c1-6-30-24(27)26-17-21(34-35(5,28)29)23(33-26)22(32-26)18-31-36(25(2,3)4,19-13-9-7-10-14-19)20-15-11-8-12-16-20/h7-16,21-23H,6,17-18H2,1-5H3. The number of hydrogen-bond donors (Lipinski definition) is 0. The molecule has 4 unspecified atom stereocenters. The molecule has 2 aromatic carbocycles. The smallest absolute Gasteiger partial charge is 0.366 e. The Morgan fingerprint density at radius 3 is 2.06 bits per heavy atom. The lowest BCUT2D eigenvalue weighted by molar-refractivity contribution is -0.209. The lowest BCUT2D eigenvalue weighted by atomic mass is 10.0. The number of benzene rings is 2. The molecule has 2 aromatic rings. The van der Waals surface area contributed by atoms with Crippen molar-refractivity contribution in [3.05, 3.63) is 60.7 Å². The van der Waals surface area contributed by atoms with Crippen LogP contribution in [0.5, 0.6) is 0 Å². The monoisotopic (exact) mass is 534 g/mol. The second kappa shape index (κ2) is 10.00. The Morgan fingerprint density at radius 2 is 1.58 bits per heavy atom. The van der Waals surface area contributed by atoms with Crippen molar-refractivity contribution in [3.63, 3.8) is 0 Å². The van der Waals surface area contributed by atoms with Crippen LogP contribution in [0.4, 0.5) is 0 Å². The van der Waals surface area contributed by atoms with E-state index in [2.05, 4.69) is 45.0 Å². The molecule has 2 saturated heterocycles. The highest BCUT2D eigenvalue weighted by Crippen LogP contribution is 2.46. The van der Waals surface area contributed by atoms with E-state index in [1.165, 1.54) is 0 Å². The minimum absolute atomic E-state index is 0.0702. The first-order valence-electron chi connectivity index (χ1n) is 12.1. The summed E-state index contributed by atoms with van der Waals surface area (Å²) in [5.41, 5.74) is 0. The fourth-order valence-electron chi connectivity index (χ4n) is 5.26. The Hall–Kier alpha value is -2.08. The zero-order chi connectivity index (χ0) is 26.2. The molecule has 196 valence electrons. The molecule has 2 fully saturated rings. The summed E-state index contributed by atoms with van der Waals surface area (Å²) in [6, 6.07) is 20.3. The third kappa shape index (κ3) is 5.03. The summed E-state index contributed by atoms with van der Waals surface area (Å²) in [6.07, 6.45) is -1.51. The van der Waals surface area contributed by atoms with Crippen molar-refractivity contribution in [3.8, 4) is 0 Å². The maximum absolute atomic E-state index is 12.8. The van der Waals surface area contributed by atoms with Crippen LogP contribution in [0.1, 0.15) is 34.1 Å². The summed E-state index contributed by atoms with van der Waals surface area (Å²) in [4.78, 5) is 12.8. The lowest BCUT2D eigenvalue weighted by Crippen LogP contribution is -2.67. The molecule has 36 heavy (non-hydrogen) atoms. The van der Waals surface area contributed by atoms with Gasteiger partial charge in [0, 0.05) is 6.42 Å². The summed E-state index contributed by atoms with van der Waals surface area (Å²) in [7, 11) is -6.68. The van der Waals surface area contributed by atoms with Gasteiger partial charge in [-0.25, -0.2) is 4.79 Å². The highest BCUT2D eigenvalue weighted by molar-refractivity contribution is 7.86. The molecule has 2 heterocycles. The van der Waals surface area contributed by atoms with Crippen LogP contribution in [0, 0.1) is 0 Å². The van der Waals surface area contributed by atoms with Gasteiger partial charge in [-0.1, -0.05) is 81.4 Å². The fourth-order valence-corrected chi connectivity index (χ4v) is 10.5. The number of rotatable bonds is 9. The number of ether oxygens (including phenoxy) is 3. The SMILES string of the molecule is CCOC(=O)C12CC(OS(C)(=O)=O)C(O1)C(CO[Si](c1ccccc1)(c1ccccc1)C(C)(C)C)O2. The van der Waals surface area contributed by atoms with Crippen LogP contribution in [0.3, 0.4) is 0 Å². The highest BCUT2D eigenvalue weighted by Gasteiger charge is 2.65. The Labute approximate surface area is 214 Å². The van der Waals surface area contributed by atoms with E-state index < -0.39 is 48.5 Å². The zero-order valence-corrected chi connectivity index (χ0v) is 23.1. The predicted molar refractivity (Wildman–Crippen MR) is 137 cm³/mol. The third-order valence-corrected chi connectivity index (χ3v) is 12.2. The van der Waals surface area contributed by atoms with Gasteiger partial charge >= 0.3 is 5.97 Å². The molecule has 4 rings (SSSR count). The van der Waals surface area contributed by atoms with E-state index >= 15 is 0 Å². The first-order valence-corrected chi connectivity index (χ1v) is 15.8. The molecule has 4 atom stereocenters. The fraction of sp³-hybridized carbons (Fsp3) is 0.500. The van der Waals surface area contributed by atoms with Crippen LogP contribution in [-0.2, 0) is 37.7 Å². The van der Waals surface area contributed by atoms with Crippen LogP contribution in [-0.4, -0.2) is 66.3 Å². The molecule has 2 bridgehead atoms. The molecule has 2 aliphatic rings. The van der Waals surface area contributed by atoms with Gasteiger partial charge in [0.2, 0.25) is 0 Å². The zero-order valence-electron chi connectivity index (χ0n) is 21.3. The van der Waals surface area contributed by atoms with Crippen LogP contribution in [0.15, 0.2) is 60.7 Å². The van der Waals surface area contributed by atoms with Gasteiger partial charge in [0.1, 0.15) is 18.3 Å². The molecule has 2 aliphatic heterocycles. The number of fused-ring (bicyclic) bond motifs is 2. The van der Waals surface area contributed by atoms with Crippen molar-refractivity contribution in [2.75, 3.05) is 19.5 Å². The minimum atomic E-state index is -3.79. The van der Waals surface area contributed by atoms with E-state index in [0.717, 1.165) is 16.6 Å². The van der Waals surface area contributed by atoms with Crippen molar-refractivity contribution >= 4 is 34.8 Å². The first kappa shape index (κ1) is 27.0. The average Bonchev–Trinajstić information content (AvgIpc) is 3.36. The van der Waals surface area contributed by atoms with Crippen molar-refractivity contribution < 1.29 is 36.0 Å². The topological polar surface area (TPSA) is 97.4 Å². The molecule has 0 N–H and O–H groups in total. The number of esters is 1. The van der Waals surface area contributed by atoms with Crippen LogP contribution in [0.25, 0.3) is 0 Å². The molecule has 0 aliphatic carbocycles. The van der Waals surface area contributed by atoms with E-state index in [0.29, 0.717) is 0 Å². The van der Waals surface area contributed by atoms with Crippen LogP contribution < -0.4 is 10.4 Å². The Morgan fingerprint density at radius 1 is 1.03 bits per heavy atom. The molecule has 0 saturated carbocycles. The summed E-state index contributed by atoms with van der Waals surface area (Å²) in [6.45, 7) is 8.39. The Bertz CT molecular complexity index is 1130.